The van der Waals surface area contributed by atoms with Gasteiger partial charge >= 0.3 is 0 Å². The van der Waals surface area contributed by atoms with Crippen molar-refractivity contribution in [3.63, 3.8) is 0 Å². The molecular weight excluding hydrogens is 851 g/mol. The summed E-state index contributed by atoms with van der Waals surface area (Å²) in [5, 5.41) is 7.91. The third-order valence-corrected chi connectivity index (χ3v) is 14.3. The Kier molecular flexibility index (Phi) is 7.47. The average molecular weight is 896 g/mol. The summed E-state index contributed by atoms with van der Waals surface area (Å²) in [6.07, 6.45) is 0. The molecule has 0 spiro atoms. The lowest BCUT2D eigenvalue weighted by Crippen LogP contribution is -2.06. The van der Waals surface area contributed by atoms with Crippen molar-refractivity contribution in [3.05, 3.63) is 249 Å². The molecule has 0 aliphatic rings. The summed E-state index contributed by atoms with van der Waals surface area (Å²) < 4.78 is 45.7. The maximum absolute atomic E-state index is 9.56. The average Bonchev–Trinajstić information content (AvgIpc) is 4.19. The van der Waals surface area contributed by atoms with Crippen molar-refractivity contribution in [1.82, 2.24) is 23.3 Å². The number of fused-ring (bicyclic) bond motifs is 12. The molecular formula is C65H41N5. The van der Waals surface area contributed by atoms with E-state index in [0.717, 1.165) is 105 Å². The van der Waals surface area contributed by atoms with Gasteiger partial charge in [0.2, 0.25) is 0 Å². The first-order valence-corrected chi connectivity index (χ1v) is 23.6. The van der Waals surface area contributed by atoms with Gasteiger partial charge in [-0.05, 0) is 83.9 Å². The number of rotatable bonds is 6. The molecule has 0 aliphatic carbocycles. The van der Waals surface area contributed by atoms with Crippen LogP contribution in [0.25, 0.3) is 132 Å². The Morgan fingerprint density at radius 3 is 1.40 bits per heavy atom. The van der Waals surface area contributed by atoms with Gasteiger partial charge in [-0.3, -0.25) is 4.57 Å². The van der Waals surface area contributed by atoms with E-state index in [1.807, 2.05) is 28.8 Å². The van der Waals surface area contributed by atoms with Gasteiger partial charge in [0.25, 0.3) is 0 Å². The zero-order valence-corrected chi connectivity index (χ0v) is 37.6. The van der Waals surface area contributed by atoms with Crippen molar-refractivity contribution in [2.75, 3.05) is 0 Å². The first-order valence-electron chi connectivity index (χ1n) is 25.6. The number of aromatic nitrogens is 5. The fourth-order valence-electron chi connectivity index (χ4n) is 11.5. The molecule has 0 saturated carbocycles. The fourth-order valence-corrected chi connectivity index (χ4v) is 11.5. The van der Waals surface area contributed by atoms with Crippen LogP contribution in [0.15, 0.2) is 249 Å². The van der Waals surface area contributed by atoms with Crippen LogP contribution >= 0.6 is 0 Å². The third-order valence-electron chi connectivity index (χ3n) is 14.3. The first-order chi connectivity index (χ1) is 36.4. The van der Waals surface area contributed by atoms with Crippen molar-refractivity contribution in [1.29, 1.82) is 0 Å². The standard InChI is InChI=1S/C65H41N5/c1-2-20-42(21-3-1)67-60-37-17-10-28-52(60)64-50(29-18-38-61(64)67)51-30-19-39-62(69-56-33-13-6-24-46(56)47-25-7-14-34-57(47)69)65(51)53-40-43(68-54-31-11-4-22-44(54)45-23-5-12-32-55(45)68)41-63(66-53)70-58-35-15-8-26-48(58)49-27-9-16-36-59(49)70/h1-41H/i8D,15D,26D,35D. The summed E-state index contributed by atoms with van der Waals surface area (Å²) in [7, 11) is 0. The predicted octanol–water partition coefficient (Wildman–Crippen LogP) is 16.8. The molecule has 0 amide bonds. The van der Waals surface area contributed by atoms with Crippen LogP contribution in [-0.2, 0) is 0 Å². The third kappa shape index (κ3) is 5.51. The Balaban J connectivity index is 1.14. The molecule has 5 aromatic heterocycles. The van der Waals surface area contributed by atoms with Crippen LogP contribution in [-0.4, -0.2) is 23.3 Å². The zero-order chi connectivity index (χ0) is 49.3. The van der Waals surface area contributed by atoms with Crippen molar-refractivity contribution in [2.45, 2.75) is 0 Å². The minimum atomic E-state index is -0.299. The number of benzene rings is 10. The van der Waals surface area contributed by atoms with Crippen LogP contribution in [0.5, 0.6) is 0 Å². The molecule has 0 bridgehead atoms. The highest BCUT2D eigenvalue weighted by Gasteiger charge is 2.25. The van der Waals surface area contributed by atoms with Crippen LogP contribution < -0.4 is 0 Å². The Morgan fingerprint density at radius 1 is 0.314 bits per heavy atom. The molecule has 15 aromatic rings. The van der Waals surface area contributed by atoms with Gasteiger partial charge in [-0.15, -0.1) is 0 Å². The minimum Gasteiger partial charge on any atom is -0.309 e. The highest BCUT2D eigenvalue weighted by molar-refractivity contribution is 6.18. The molecule has 0 aliphatic heterocycles. The molecule has 10 aromatic carbocycles. The van der Waals surface area contributed by atoms with Crippen LogP contribution in [0.1, 0.15) is 5.48 Å². The maximum Gasteiger partial charge on any atom is 0.140 e. The van der Waals surface area contributed by atoms with Crippen LogP contribution in [0, 0.1) is 0 Å². The summed E-state index contributed by atoms with van der Waals surface area (Å²) in [6.45, 7) is 0. The Hall–Kier alpha value is -9.45. The van der Waals surface area contributed by atoms with Gasteiger partial charge < -0.3 is 13.7 Å². The molecule has 0 fully saturated rings. The summed E-state index contributed by atoms with van der Waals surface area (Å²) in [6, 6.07) is 77.8. The Labute approximate surface area is 408 Å². The highest BCUT2D eigenvalue weighted by Crippen LogP contribution is 2.46. The van der Waals surface area contributed by atoms with E-state index < -0.39 is 0 Å². The summed E-state index contributed by atoms with van der Waals surface area (Å²) >= 11 is 0. The Morgan fingerprint density at radius 2 is 0.771 bits per heavy atom. The molecule has 0 unspecified atom stereocenters. The molecule has 326 valence electrons. The highest BCUT2D eigenvalue weighted by atomic mass is 15.1. The number of hydrogen-bond acceptors (Lipinski definition) is 1. The second-order valence-electron chi connectivity index (χ2n) is 18.0. The van der Waals surface area contributed by atoms with E-state index in [-0.39, 0.29) is 24.2 Å². The normalized spacial score (nSPS) is 12.8. The van der Waals surface area contributed by atoms with E-state index >= 15 is 0 Å². The molecule has 5 heterocycles. The summed E-state index contributed by atoms with van der Waals surface area (Å²) in [5.41, 5.74) is 13.9. The smallest absolute Gasteiger partial charge is 0.140 e. The lowest BCUT2D eigenvalue weighted by atomic mass is 9.92. The van der Waals surface area contributed by atoms with E-state index in [1.54, 1.807) is 0 Å². The molecule has 0 radical (unpaired) electrons. The van der Waals surface area contributed by atoms with E-state index in [4.69, 9.17) is 7.73 Å². The summed E-state index contributed by atoms with van der Waals surface area (Å²) in [5.74, 6) is 0.512. The van der Waals surface area contributed by atoms with E-state index in [0.29, 0.717) is 27.8 Å². The number of para-hydroxylation sites is 8. The van der Waals surface area contributed by atoms with Crippen LogP contribution in [0.2, 0.25) is 0 Å². The van der Waals surface area contributed by atoms with E-state index in [1.165, 1.54) is 0 Å². The lowest BCUT2D eigenvalue weighted by Gasteiger charge is -2.21. The predicted molar refractivity (Wildman–Crippen MR) is 292 cm³/mol. The van der Waals surface area contributed by atoms with Crippen LogP contribution in [0.4, 0.5) is 0 Å². The molecule has 5 heteroatoms. The number of nitrogens with zero attached hydrogens (tertiary/aromatic N) is 5. The Bertz CT molecular complexity index is 4740. The van der Waals surface area contributed by atoms with E-state index in [9.17, 15) is 2.74 Å². The topological polar surface area (TPSA) is 32.6 Å². The molecule has 0 N–H and O–H groups in total. The second-order valence-corrected chi connectivity index (χ2v) is 18.0. The van der Waals surface area contributed by atoms with Crippen LogP contribution in [0.3, 0.4) is 0 Å². The largest absolute Gasteiger partial charge is 0.309 e. The lowest BCUT2D eigenvalue weighted by molar-refractivity contribution is 1.06. The van der Waals surface area contributed by atoms with Crippen molar-refractivity contribution >= 4 is 87.2 Å². The molecule has 15 rings (SSSR count). The van der Waals surface area contributed by atoms with Crippen molar-refractivity contribution in [3.8, 4) is 45.3 Å². The molecule has 70 heavy (non-hydrogen) atoms. The van der Waals surface area contributed by atoms with Crippen molar-refractivity contribution in [2.24, 2.45) is 0 Å². The SMILES string of the molecule is [2H]c1c([2H])c([2H])c2c(c1[2H])c1ccccc1n2-c1cc(-n2c3ccccc3c3ccccc32)cc(-c2c(-c3cccc4c3c3ccccc3n4-c3ccccc3)cccc2-n2c3ccccc3c3ccccc32)n1. The zero-order valence-electron chi connectivity index (χ0n) is 41.6. The number of hydrogen-bond donors (Lipinski definition) is 0. The molecule has 5 nitrogen and oxygen atoms in total. The quantitative estimate of drug-likeness (QED) is 0.164. The monoisotopic (exact) mass is 895 g/mol. The molecule has 0 saturated heterocycles. The van der Waals surface area contributed by atoms with Gasteiger partial charge in [-0.25, -0.2) is 4.98 Å². The minimum absolute atomic E-state index is 0.0866. The van der Waals surface area contributed by atoms with Gasteiger partial charge in [0.15, 0.2) is 0 Å². The van der Waals surface area contributed by atoms with Crippen molar-refractivity contribution < 1.29 is 5.48 Å². The second kappa shape index (κ2) is 15.0. The maximum atomic E-state index is 9.56. The van der Waals surface area contributed by atoms with Gasteiger partial charge in [-0.2, -0.15) is 0 Å². The molecule has 0 atom stereocenters. The van der Waals surface area contributed by atoms with Gasteiger partial charge in [0.05, 0.1) is 66.7 Å². The van der Waals surface area contributed by atoms with Gasteiger partial charge in [0, 0.05) is 60.4 Å². The van der Waals surface area contributed by atoms with Gasteiger partial charge in [0.1, 0.15) is 5.82 Å². The number of pyridine rings is 1. The fraction of sp³-hybridized carbons (Fsp3) is 0. The summed E-state index contributed by atoms with van der Waals surface area (Å²) in [4.78, 5) is 5.83. The van der Waals surface area contributed by atoms with E-state index in [2.05, 4.69) is 214 Å². The first kappa shape index (κ1) is 34.8. The van der Waals surface area contributed by atoms with Gasteiger partial charge in [-0.1, -0.05) is 170 Å².